The third-order valence-electron chi connectivity index (χ3n) is 2.64. The zero-order chi connectivity index (χ0) is 13.8. The molecule has 1 heterocycles. The second kappa shape index (κ2) is 5.56. The third kappa shape index (κ3) is 2.93. The highest BCUT2D eigenvalue weighted by molar-refractivity contribution is 6.13. The van der Waals surface area contributed by atoms with Crippen LogP contribution in [0.25, 0.3) is 0 Å². The average molecular weight is 262 g/mol. The number of benzene rings is 1. The van der Waals surface area contributed by atoms with Crippen molar-refractivity contribution in [2.24, 2.45) is 0 Å². The molecule has 1 aliphatic rings. The summed E-state index contributed by atoms with van der Waals surface area (Å²) in [7, 11) is 0. The summed E-state index contributed by atoms with van der Waals surface area (Å²) in [5, 5.41) is 8.69. The highest BCUT2D eigenvalue weighted by Crippen LogP contribution is 2.30. The number of carboxylic acid groups (broad SMARTS) is 1. The van der Waals surface area contributed by atoms with Gasteiger partial charge in [0.1, 0.15) is 18.1 Å². The highest BCUT2D eigenvalue weighted by atomic mass is 16.5. The minimum Gasteiger partial charge on any atom is -0.494 e. The number of hydrogen-bond acceptors (Lipinski definition) is 4. The van der Waals surface area contributed by atoms with E-state index in [1.165, 1.54) is 0 Å². The summed E-state index contributed by atoms with van der Waals surface area (Å²) in [6.45, 7) is 2.53. The second-order valence-electron chi connectivity index (χ2n) is 4.13. The van der Waals surface area contributed by atoms with Crippen molar-refractivity contribution in [1.82, 2.24) is 0 Å². The van der Waals surface area contributed by atoms with Gasteiger partial charge in [-0.3, -0.25) is 4.79 Å². The Morgan fingerprint density at radius 1 is 1.53 bits per heavy atom. The Balaban J connectivity index is 2.30. The maximum atomic E-state index is 12.1. The molecule has 1 aliphatic heterocycles. The molecule has 0 saturated heterocycles. The van der Waals surface area contributed by atoms with Gasteiger partial charge in [0.05, 0.1) is 12.2 Å². The van der Waals surface area contributed by atoms with Crippen molar-refractivity contribution >= 4 is 11.8 Å². The van der Waals surface area contributed by atoms with Gasteiger partial charge in [0.2, 0.25) is 0 Å². The minimum absolute atomic E-state index is 0.0205. The molecule has 100 valence electrons. The predicted molar refractivity (Wildman–Crippen MR) is 67.8 cm³/mol. The molecule has 0 radical (unpaired) electrons. The van der Waals surface area contributed by atoms with Crippen molar-refractivity contribution in [2.45, 2.75) is 13.3 Å². The summed E-state index contributed by atoms with van der Waals surface area (Å²) in [6, 6.07) is 4.98. The first-order valence-electron chi connectivity index (χ1n) is 5.99. The first-order chi connectivity index (χ1) is 9.11. The van der Waals surface area contributed by atoms with E-state index in [1.54, 1.807) is 18.2 Å². The van der Waals surface area contributed by atoms with Crippen molar-refractivity contribution in [3.8, 4) is 11.5 Å². The van der Waals surface area contributed by atoms with Gasteiger partial charge in [0.15, 0.2) is 5.78 Å². The Morgan fingerprint density at radius 3 is 3.00 bits per heavy atom. The maximum Gasteiger partial charge on any atom is 0.328 e. The number of carbonyl (C=O) groups is 2. The Bertz CT molecular complexity index is 545. The van der Waals surface area contributed by atoms with Crippen molar-refractivity contribution < 1.29 is 24.2 Å². The summed E-state index contributed by atoms with van der Waals surface area (Å²) < 4.78 is 10.8. The topological polar surface area (TPSA) is 72.8 Å². The van der Waals surface area contributed by atoms with E-state index < -0.39 is 5.97 Å². The molecule has 0 bridgehead atoms. The van der Waals surface area contributed by atoms with Gasteiger partial charge in [-0.05, 0) is 24.6 Å². The molecule has 0 amide bonds. The molecule has 0 aromatic heterocycles. The van der Waals surface area contributed by atoms with Crippen LogP contribution in [0.5, 0.6) is 11.5 Å². The van der Waals surface area contributed by atoms with E-state index in [9.17, 15) is 9.59 Å². The van der Waals surface area contributed by atoms with E-state index >= 15 is 0 Å². The van der Waals surface area contributed by atoms with Crippen LogP contribution in [0.15, 0.2) is 29.8 Å². The number of Topliss-reactive ketones (excluding diaryl/α,β-unsaturated/α-hetero) is 1. The van der Waals surface area contributed by atoms with E-state index in [4.69, 9.17) is 14.6 Å². The fourth-order valence-electron chi connectivity index (χ4n) is 1.77. The first-order valence-corrected chi connectivity index (χ1v) is 5.99. The number of hydrogen-bond donors (Lipinski definition) is 1. The lowest BCUT2D eigenvalue weighted by atomic mass is 10.00. The van der Waals surface area contributed by atoms with Crippen molar-refractivity contribution in [3.05, 3.63) is 35.4 Å². The smallest absolute Gasteiger partial charge is 0.328 e. The van der Waals surface area contributed by atoms with Crippen LogP contribution in [-0.2, 0) is 4.79 Å². The molecule has 0 spiro atoms. The lowest BCUT2D eigenvalue weighted by Crippen LogP contribution is -2.20. The molecular formula is C14H14O5. The van der Waals surface area contributed by atoms with Crippen LogP contribution in [0.1, 0.15) is 23.7 Å². The molecule has 0 atom stereocenters. The molecule has 1 aromatic carbocycles. The Kier molecular flexibility index (Phi) is 3.85. The lowest BCUT2D eigenvalue weighted by molar-refractivity contribution is -0.131. The van der Waals surface area contributed by atoms with Crippen LogP contribution in [0.2, 0.25) is 0 Å². The van der Waals surface area contributed by atoms with Gasteiger partial charge in [-0.2, -0.15) is 0 Å². The van der Waals surface area contributed by atoms with E-state index in [0.717, 1.165) is 12.5 Å². The molecule has 0 fully saturated rings. The zero-order valence-electron chi connectivity index (χ0n) is 10.5. The molecule has 0 aliphatic carbocycles. The summed E-state index contributed by atoms with van der Waals surface area (Å²) in [6.07, 6.45) is 1.75. The fraction of sp³-hybridized carbons (Fsp3) is 0.286. The summed E-state index contributed by atoms with van der Waals surface area (Å²) in [4.78, 5) is 22.7. The normalized spacial score (nSPS) is 15.8. The van der Waals surface area contributed by atoms with Gasteiger partial charge in [-0.25, -0.2) is 4.79 Å². The Morgan fingerprint density at radius 2 is 2.32 bits per heavy atom. The van der Waals surface area contributed by atoms with Crippen LogP contribution < -0.4 is 9.47 Å². The molecule has 1 N–H and O–H groups in total. The Labute approximate surface area is 110 Å². The number of ether oxygens (including phenoxy) is 2. The fourth-order valence-corrected chi connectivity index (χ4v) is 1.77. The van der Waals surface area contributed by atoms with E-state index in [1.807, 2.05) is 6.92 Å². The van der Waals surface area contributed by atoms with E-state index in [2.05, 4.69) is 0 Å². The van der Waals surface area contributed by atoms with Crippen LogP contribution in [0.3, 0.4) is 0 Å². The summed E-state index contributed by atoms with van der Waals surface area (Å²) in [5.41, 5.74) is 0.472. The molecular weight excluding hydrogens is 248 g/mol. The number of carbonyl (C=O) groups excluding carboxylic acids is 1. The second-order valence-corrected chi connectivity index (χ2v) is 4.13. The van der Waals surface area contributed by atoms with Gasteiger partial charge in [0.25, 0.3) is 0 Å². The van der Waals surface area contributed by atoms with Gasteiger partial charge in [-0.1, -0.05) is 6.92 Å². The molecule has 1 aromatic rings. The lowest BCUT2D eigenvalue weighted by Gasteiger charge is -2.19. The molecule has 0 unspecified atom stereocenters. The largest absolute Gasteiger partial charge is 0.494 e. The number of aliphatic carboxylic acids is 1. The molecule has 5 nitrogen and oxygen atoms in total. The third-order valence-corrected chi connectivity index (χ3v) is 2.64. The zero-order valence-corrected chi connectivity index (χ0v) is 10.5. The predicted octanol–water partition coefficient (Wildman–Crippen LogP) is 2.06. The van der Waals surface area contributed by atoms with Crippen molar-refractivity contribution in [3.63, 3.8) is 0 Å². The van der Waals surface area contributed by atoms with Gasteiger partial charge in [0, 0.05) is 11.6 Å². The average Bonchev–Trinajstić information content (AvgIpc) is 2.39. The quantitative estimate of drug-likeness (QED) is 0.841. The summed E-state index contributed by atoms with van der Waals surface area (Å²) in [5.74, 6) is -0.454. The first kappa shape index (κ1) is 13.1. The number of carboxylic acids is 1. The maximum absolute atomic E-state index is 12.1. The van der Waals surface area contributed by atoms with Crippen LogP contribution in [0.4, 0.5) is 0 Å². The van der Waals surface area contributed by atoms with Crippen molar-refractivity contribution in [2.75, 3.05) is 13.2 Å². The number of ketones is 1. The standard InChI is InChI=1S/C14H14O5/c1-2-5-18-10-3-4-12-11(7-10)14(17)9(8-19-12)6-13(15)16/h3-4,6-7H,2,5,8H2,1H3,(H,15,16). The minimum atomic E-state index is -1.16. The number of rotatable bonds is 4. The Hall–Kier alpha value is -2.30. The highest BCUT2D eigenvalue weighted by Gasteiger charge is 2.24. The van der Waals surface area contributed by atoms with E-state index in [-0.39, 0.29) is 18.0 Å². The molecule has 19 heavy (non-hydrogen) atoms. The van der Waals surface area contributed by atoms with Crippen LogP contribution >= 0.6 is 0 Å². The molecule has 0 saturated carbocycles. The van der Waals surface area contributed by atoms with E-state index in [0.29, 0.717) is 23.7 Å². The SMILES string of the molecule is CCCOc1ccc2c(c1)C(=O)C(=CC(=O)O)CO2. The van der Waals surface area contributed by atoms with Gasteiger partial charge >= 0.3 is 5.97 Å². The van der Waals surface area contributed by atoms with Crippen molar-refractivity contribution in [1.29, 1.82) is 0 Å². The van der Waals surface area contributed by atoms with Crippen LogP contribution in [0, 0.1) is 0 Å². The van der Waals surface area contributed by atoms with Gasteiger partial charge < -0.3 is 14.6 Å². The van der Waals surface area contributed by atoms with Gasteiger partial charge in [-0.15, -0.1) is 0 Å². The molecule has 5 heteroatoms. The monoisotopic (exact) mass is 262 g/mol. The molecule has 2 rings (SSSR count). The summed E-state index contributed by atoms with van der Waals surface area (Å²) >= 11 is 0. The van der Waals surface area contributed by atoms with Crippen LogP contribution in [-0.4, -0.2) is 30.1 Å². The number of fused-ring (bicyclic) bond motifs is 1.